The number of carbonyl (C=O) groups is 1. The van der Waals surface area contributed by atoms with E-state index in [9.17, 15) is 9.18 Å². The predicted molar refractivity (Wildman–Crippen MR) is 93.8 cm³/mol. The first-order valence-electron chi connectivity index (χ1n) is 8.44. The summed E-state index contributed by atoms with van der Waals surface area (Å²) in [5.74, 6) is 0.145. The first-order valence-corrected chi connectivity index (χ1v) is 8.44. The number of amides is 1. The third kappa shape index (κ3) is 5.77. The van der Waals surface area contributed by atoms with E-state index in [1.807, 2.05) is 25.7 Å². The van der Waals surface area contributed by atoms with Crippen molar-refractivity contribution in [2.75, 3.05) is 51.4 Å². The number of anilines is 1. The second-order valence-corrected chi connectivity index (χ2v) is 6.91. The van der Waals surface area contributed by atoms with Gasteiger partial charge in [0.2, 0.25) is 0 Å². The number of ether oxygens (including phenoxy) is 3. The summed E-state index contributed by atoms with van der Waals surface area (Å²) in [7, 11) is 1.59. The molecule has 1 aromatic rings. The van der Waals surface area contributed by atoms with Crippen LogP contribution in [0.1, 0.15) is 20.8 Å². The Morgan fingerprint density at radius 3 is 2.40 bits per heavy atom. The molecule has 7 heteroatoms. The van der Waals surface area contributed by atoms with Gasteiger partial charge in [-0.05, 0) is 32.9 Å². The van der Waals surface area contributed by atoms with Gasteiger partial charge >= 0.3 is 6.09 Å². The van der Waals surface area contributed by atoms with Crippen molar-refractivity contribution < 1.29 is 23.4 Å². The third-order valence-corrected chi connectivity index (χ3v) is 3.75. The first kappa shape index (κ1) is 19.3. The Balaban J connectivity index is 1.91. The zero-order chi connectivity index (χ0) is 18.4. The van der Waals surface area contributed by atoms with Crippen LogP contribution in [0.5, 0.6) is 5.75 Å². The van der Waals surface area contributed by atoms with E-state index in [1.165, 1.54) is 6.07 Å². The number of nitrogens with zero attached hydrogens (tertiary/aromatic N) is 2. The summed E-state index contributed by atoms with van der Waals surface area (Å²) in [4.78, 5) is 15.7. The lowest BCUT2D eigenvalue weighted by Gasteiger charge is -2.36. The quantitative estimate of drug-likeness (QED) is 0.761. The Hall–Kier alpha value is -2.02. The number of hydrogen-bond donors (Lipinski definition) is 0. The van der Waals surface area contributed by atoms with Gasteiger partial charge in [0.1, 0.15) is 23.8 Å². The van der Waals surface area contributed by atoms with Crippen LogP contribution >= 0.6 is 0 Å². The molecule has 0 radical (unpaired) electrons. The minimum absolute atomic E-state index is 0.325. The highest BCUT2D eigenvalue weighted by atomic mass is 19.1. The summed E-state index contributed by atoms with van der Waals surface area (Å²) >= 11 is 0. The smallest absolute Gasteiger partial charge is 0.410 e. The second kappa shape index (κ2) is 8.38. The maximum atomic E-state index is 14.4. The standard InChI is InChI=1S/C18H27FN2O4/c1-18(2,3)25-17(22)21-9-7-20(8-10-21)16-6-5-14(13-15(16)19)24-12-11-23-4/h5-6,13H,7-12H2,1-4H3. The monoisotopic (exact) mass is 354 g/mol. The minimum Gasteiger partial charge on any atom is -0.491 e. The number of benzene rings is 1. The second-order valence-electron chi connectivity index (χ2n) is 6.91. The third-order valence-electron chi connectivity index (χ3n) is 3.75. The largest absolute Gasteiger partial charge is 0.491 e. The number of hydrogen-bond acceptors (Lipinski definition) is 5. The van der Waals surface area contributed by atoms with E-state index in [-0.39, 0.29) is 11.9 Å². The lowest BCUT2D eigenvalue weighted by atomic mass is 10.2. The molecule has 140 valence electrons. The van der Waals surface area contributed by atoms with Gasteiger partial charge in [0.25, 0.3) is 0 Å². The van der Waals surface area contributed by atoms with E-state index < -0.39 is 5.60 Å². The van der Waals surface area contributed by atoms with Crippen molar-refractivity contribution in [3.63, 3.8) is 0 Å². The van der Waals surface area contributed by atoms with E-state index in [0.29, 0.717) is 50.8 Å². The highest BCUT2D eigenvalue weighted by molar-refractivity contribution is 5.68. The van der Waals surface area contributed by atoms with Gasteiger partial charge < -0.3 is 24.0 Å². The fourth-order valence-corrected chi connectivity index (χ4v) is 2.53. The molecule has 0 aliphatic carbocycles. The summed E-state index contributed by atoms with van der Waals surface area (Å²) < 4.78 is 30.1. The van der Waals surface area contributed by atoms with Gasteiger partial charge in [0.15, 0.2) is 0 Å². The van der Waals surface area contributed by atoms with E-state index >= 15 is 0 Å². The highest BCUT2D eigenvalue weighted by Gasteiger charge is 2.26. The lowest BCUT2D eigenvalue weighted by molar-refractivity contribution is 0.0240. The molecule has 1 fully saturated rings. The van der Waals surface area contributed by atoms with Gasteiger partial charge in [-0.1, -0.05) is 0 Å². The van der Waals surface area contributed by atoms with E-state index in [0.717, 1.165) is 0 Å². The molecule has 0 saturated carbocycles. The normalized spacial score (nSPS) is 15.2. The average molecular weight is 354 g/mol. The van der Waals surface area contributed by atoms with Gasteiger partial charge in [-0.3, -0.25) is 0 Å². The topological polar surface area (TPSA) is 51.2 Å². The summed E-state index contributed by atoms with van der Waals surface area (Å²) in [5.41, 5.74) is 0.00169. The first-order chi connectivity index (χ1) is 11.8. The van der Waals surface area contributed by atoms with Crippen LogP contribution in [0, 0.1) is 5.82 Å². The van der Waals surface area contributed by atoms with Crippen molar-refractivity contribution in [2.45, 2.75) is 26.4 Å². The van der Waals surface area contributed by atoms with Gasteiger partial charge in [0.05, 0.1) is 12.3 Å². The molecule has 0 unspecified atom stereocenters. The van der Waals surface area contributed by atoms with Crippen LogP contribution in [0.25, 0.3) is 0 Å². The molecule has 0 aromatic heterocycles. The molecular formula is C18H27FN2O4. The summed E-state index contributed by atoms with van der Waals surface area (Å²) in [6.07, 6.45) is -0.325. The maximum Gasteiger partial charge on any atom is 0.410 e. The molecule has 1 aromatic carbocycles. The van der Waals surface area contributed by atoms with Gasteiger partial charge in [-0.2, -0.15) is 0 Å². The van der Waals surface area contributed by atoms with Crippen molar-refractivity contribution in [2.24, 2.45) is 0 Å². The molecular weight excluding hydrogens is 327 g/mol. The lowest BCUT2D eigenvalue weighted by Crippen LogP contribution is -2.50. The van der Waals surface area contributed by atoms with Crippen molar-refractivity contribution in [1.82, 2.24) is 4.90 Å². The Bertz CT molecular complexity index is 581. The van der Waals surface area contributed by atoms with Crippen LogP contribution in [-0.4, -0.2) is 63.1 Å². The van der Waals surface area contributed by atoms with Crippen molar-refractivity contribution in [3.8, 4) is 5.75 Å². The van der Waals surface area contributed by atoms with E-state index in [4.69, 9.17) is 14.2 Å². The van der Waals surface area contributed by atoms with Gasteiger partial charge in [0, 0.05) is 39.4 Å². The van der Waals surface area contributed by atoms with Crippen LogP contribution in [0.4, 0.5) is 14.9 Å². The highest BCUT2D eigenvalue weighted by Crippen LogP contribution is 2.25. The number of piperazine rings is 1. The zero-order valence-electron chi connectivity index (χ0n) is 15.4. The molecule has 1 amide bonds. The maximum absolute atomic E-state index is 14.4. The van der Waals surface area contributed by atoms with Crippen LogP contribution in [-0.2, 0) is 9.47 Å². The number of carbonyl (C=O) groups excluding carboxylic acids is 1. The minimum atomic E-state index is -0.515. The molecule has 0 spiro atoms. The van der Waals surface area contributed by atoms with Gasteiger partial charge in [-0.15, -0.1) is 0 Å². The Morgan fingerprint density at radius 2 is 1.84 bits per heavy atom. The molecule has 2 rings (SSSR count). The molecule has 25 heavy (non-hydrogen) atoms. The molecule has 1 aliphatic rings. The van der Waals surface area contributed by atoms with Gasteiger partial charge in [-0.25, -0.2) is 9.18 Å². The summed E-state index contributed by atoms with van der Waals surface area (Å²) in [5, 5.41) is 0. The molecule has 6 nitrogen and oxygen atoms in total. The molecule has 1 aliphatic heterocycles. The van der Waals surface area contributed by atoms with Crippen LogP contribution in [0.3, 0.4) is 0 Å². The molecule has 0 N–H and O–H groups in total. The fraction of sp³-hybridized carbons (Fsp3) is 0.611. The molecule has 0 atom stereocenters. The predicted octanol–water partition coefficient (Wildman–Crippen LogP) is 2.91. The Morgan fingerprint density at radius 1 is 1.16 bits per heavy atom. The van der Waals surface area contributed by atoms with Crippen LogP contribution < -0.4 is 9.64 Å². The Labute approximate surface area is 148 Å². The number of methoxy groups -OCH3 is 1. The molecule has 1 saturated heterocycles. The summed E-state index contributed by atoms with van der Waals surface area (Å²) in [6.45, 7) is 8.47. The molecule has 1 heterocycles. The van der Waals surface area contributed by atoms with E-state index in [2.05, 4.69) is 0 Å². The SMILES string of the molecule is COCCOc1ccc(N2CCN(C(=O)OC(C)(C)C)CC2)c(F)c1. The summed E-state index contributed by atoms with van der Waals surface area (Å²) in [6, 6.07) is 4.83. The fourth-order valence-electron chi connectivity index (χ4n) is 2.53. The average Bonchev–Trinajstić information content (AvgIpc) is 2.54. The molecule has 0 bridgehead atoms. The number of rotatable bonds is 5. The van der Waals surface area contributed by atoms with Crippen LogP contribution in [0.15, 0.2) is 18.2 Å². The van der Waals surface area contributed by atoms with Crippen molar-refractivity contribution in [1.29, 1.82) is 0 Å². The van der Waals surface area contributed by atoms with Crippen LogP contribution in [0.2, 0.25) is 0 Å². The zero-order valence-corrected chi connectivity index (χ0v) is 15.4. The Kier molecular flexibility index (Phi) is 6.47. The van der Waals surface area contributed by atoms with Crippen molar-refractivity contribution in [3.05, 3.63) is 24.0 Å². The number of halogens is 1. The van der Waals surface area contributed by atoms with Crippen molar-refractivity contribution >= 4 is 11.8 Å². The van der Waals surface area contributed by atoms with E-state index in [1.54, 1.807) is 24.1 Å².